The molecule has 2 aliphatic rings. The van der Waals surface area contributed by atoms with E-state index in [-0.39, 0.29) is 22.8 Å². The Morgan fingerprint density at radius 1 is 1.08 bits per heavy atom. The molecule has 25 heavy (non-hydrogen) atoms. The summed E-state index contributed by atoms with van der Waals surface area (Å²) < 4.78 is 1.13. The third-order valence-electron chi connectivity index (χ3n) is 3.09. The summed E-state index contributed by atoms with van der Waals surface area (Å²) in [5.74, 6) is 1.16. The maximum absolute atomic E-state index is 10.7. The van der Waals surface area contributed by atoms with E-state index in [9.17, 15) is 10.1 Å². The Bertz CT molecular complexity index is 549. The number of hydrogen-bond acceptors (Lipinski definition) is 3. The van der Waals surface area contributed by atoms with Gasteiger partial charge in [0, 0.05) is 33.9 Å². The van der Waals surface area contributed by atoms with Crippen molar-refractivity contribution in [1.82, 2.24) is 0 Å². The van der Waals surface area contributed by atoms with E-state index in [1.54, 1.807) is 6.07 Å². The zero-order chi connectivity index (χ0) is 17.2. The van der Waals surface area contributed by atoms with Crippen molar-refractivity contribution in [3.8, 4) is 0 Å². The van der Waals surface area contributed by atoms with E-state index < -0.39 is 4.92 Å². The van der Waals surface area contributed by atoms with Crippen LogP contribution in [0, 0.1) is 73.8 Å². The van der Waals surface area contributed by atoms with Gasteiger partial charge in [0.15, 0.2) is 0 Å². The smallest absolute Gasteiger partial charge is 0.380 e. The summed E-state index contributed by atoms with van der Waals surface area (Å²) in [5, 5.41) is 13.8. The van der Waals surface area contributed by atoms with Crippen LogP contribution in [-0.4, -0.2) is 11.5 Å². The minimum Gasteiger partial charge on any atom is -0.380 e. The van der Waals surface area contributed by atoms with Gasteiger partial charge in [0.1, 0.15) is 0 Å². The van der Waals surface area contributed by atoms with Gasteiger partial charge in [0.25, 0.3) is 5.69 Å². The number of benzene rings is 1. The zero-order valence-electron chi connectivity index (χ0n) is 13.3. The van der Waals surface area contributed by atoms with Gasteiger partial charge in [-0.1, -0.05) is 12.1 Å². The summed E-state index contributed by atoms with van der Waals surface area (Å²) in [4.78, 5) is 10.3. The molecule has 4 nitrogen and oxygen atoms in total. The predicted molar refractivity (Wildman–Crippen MR) is 106 cm³/mol. The van der Waals surface area contributed by atoms with E-state index in [0.717, 1.165) is 15.2 Å². The molecule has 0 aliphatic heterocycles. The first-order valence-electron chi connectivity index (χ1n) is 7.38. The van der Waals surface area contributed by atoms with Crippen LogP contribution in [0.3, 0.4) is 0 Å². The summed E-state index contributed by atoms with van der Waals surface area (Å²) in [6, 6.07) is 6.51. The molecule has 0 bridgehead atoms. The van der Waals surface area contributed by atoms with Gasteiger partial charge < -0.3 is 5.32 Å². The molecule has 6 heteroatoms. The monoisotopic (exact) mass is 488 g/mol. The van der Waals surface area contributed by atoms with Crippen LogP contribution < -0.4 is 5.32 Å². The quantitative estimate of drug-likeness (QED) is 0.282. The summed E-state index contributed by atoms with van der Waals surface area (Å²) in [7, 11) is 0. The van der Waals surface area contributed by atoms with Crippen molar-refractivity contribution in [3.63, 3.8) is 0 Å². The second-order valence-corrected chi connectivity index (χ2v) is 6.32. The fourth-order valence-electron chi connectivity index (χ4n) is 1.95. The molecule has 2 aliphatic carbocycles. The number of nitrogens with zero attached hydrogens (tertiary/aromatic N) is 1. The van der Waals surface area contributed by atoms with Gasteiger partial charge in [0.05, 0.1) is 4.92 Å². The molecule has 10 radical (unpaired) electrons. The fraction of sp³-hybridized carbons (Fsp3) is 0.0526. The van der Waals surface area contributed by atoms with Crippen LogP contribution in [0.15, 0.2) is 33.9 Å². The Morgan fingerprint density at radius 2 is 1.68 bits per heavy atom. The molecule has 0 unspecified atom stereocenters. The van der Waals surface area contributed by atoms with Gasteiger partial charge in [-0.15, -0.1) is 0 Å². The molecule has 0 aromatic heterocycles. The molecule has 0 amide bonds. The van der Waals surface area contributed by atoms with Crippen LogP contribution in [0.4, 0.5) is 11.4 Å². The van der Waals surface area contributed by atoms with Crippen LogP contribution >= 0.6 is 22.6 Å². The Hall–Kier alpha value is -0.591. The summed E-state index contributed by atoms with van der Waals surface area (Å²) >= 11 is 2.26. The van der Waals surface area contributed by atoms with Gasteiger partial charge in [-0.25, -0.2) is 0 Å². The first-order valence-corrected chi connectivity index (χ1v) is 8.46. The third-order valence-corrected chi connectivity index (χ3v) is 3.78. The van der Waals surface area contributed by atoms with E-state index in [4.69, 9.17) is 0 Å². The van der Waals surface area contributed by atoms with E-state index in [2.05, 4.69) is 34.0 Å². The topological polar surface area (TPSA) is 55.2 Å². The molecule has 0 spiro atoms. The number of nitro groups is 1. The van der Waals surface area contributed by atoms with Crippen molar-refractivity contribution in [3.05, 3.63) is 108 Å². The Morgan fingerprint density at radius 3 is 2.24 bits per heavy atom. The Balaban J connectivity index is 0.000000448. The number of anilines is 1. The third kappa shape index (κ3) is 9.06. The number of nitrogens with one attached hydrogen (secondary N) is 1. The minimum atomic E-state index is -0.393. The van der Waals surface area contributed by atoms with Crippen LogP contribution in [0.1, 0.15) is 0 Å². The minimum absolute atomic E-state index is 0. The molecule has 2 saturated carbocycles. The number of halogens is 1. The van der Waals surface area contributed by atoms with Crippen LogP contribution in [0.2, 0.25) is 0 Å². The van der Waals surface area contributed by atoms with Crippen molar-refractivity contribution in [2.24, 2.45) is 0 Å². The van der Waals surface area contributed by atoms with E-state index in [1.807, 2.05) is 63.9 Å². The number of rotatable bonds is 5. The van der Waals surface area contributed by atoms with Gasteiger partial charge in [-0.2, -0.15) is 0 Å². The fourth-order valence-corrected chi connectivity index (χ4v) is 2.50. The molecular formula is C19H17FeIN2O2+2. The van der Waals surface area contributed by atoms with Gasteiger partial charge in [0.2, 0.25) is 0 Å². The maximum Gasteiger partial charge on any atom is 2.00 e. The van der Waals surface area contributed by atoms with Crippen LogP contribution in [0.25, 0.3) is 0 Å². The second kappa shape index (κ2) is 12.7. The predicted octanol–water partition coefficient (Wildman–Crippen LogP) is 4.75. The molecule has 0 saturated heterocycles. The molecule has 2 fully saturated rings. The first-order chi connectivity index (χ1) is 11.6. The molecule has 128 valence electrons. The van der Waals surface area contributed by atoms with Crippen LogP contribution in [0.5, 0.6) is 0 Å². The molecule has 0 atom stereocenters. The summed E-state index contributed by atoms with van der Waals surface area (Å²) in [5.41, 5.74) is 0.847. The summed E-state index contributed by atoms with van der Waals surface area (Å²) in [6.07, 6.45) is 20.1. The van der Waals surface area contributed by atoms with Crippen LogP contribution in [-0.2, 0) is 17.1 Å². The van der Waals surface area contributed by atoms with E-state index >= 15 is 0 Å². The van der Waals surface area contributed by atoms with E-state index in [0.29, 0.717) is 6.54 Å². The molecule has 1 aromatic carbocycles. The maximum atomic E-state index is 10.7. The van der Waals surface area contributed by atoms with Crippen molar-refractivity contribution in [2.75, 3.05) is 11.9 Å². The standard InChI is InChI=1S/C14H12IN2O2.C5H5.Fe/c15-12(8-11-4-1-2-5-11)10-16-13-6-3-7-14(9-13)17(18)19;1-2-4-5-3-1;/h1-9,16H,10H2;1-5H;/q;;+2/b12-8-;;. The molecule has 1 N–H and O–H groups in total. The largest absolute Gasteiger partial charge is 2.00 e. The second-order valence-electron chi connectivity index (χ2n) is 4.93. The van der Waals surface area contributed by atoms with Crippen molar-refractivity contribution in [1.29, 1.82) is 0 Å². The number of non-ortho nitro benzene ring substituents is 1. The Labute approximate surface area is 175 Å². The Kier molecular flexibility index (Phi) is 11.4. The van der Waals surface area contributed by atoms with Gasteiger partial charge >= 0.3 is 17.1 Å². The number of nitro benzene ring substituents is 1. The SMILES string of the molecule is O=[N+]([O-])c1cccc(NC/C(I)=C/[C]2[CH][CH][CH][CH]2)c1.[CH]1[CH][CH][CH][CH]1.[Fe+2]. The van der Waals surface area contributed by atoms with Gasteiger partial charge in [-0.3, -0.25) is 10.1 Å². The zero-order valence-corrected chi connectivity index (χ0v) is 16.5. The van der Waals surface area contributed by atoms with Crippen molar-refractivity contribution in [2.45, 2.75) is 0 Å². The molecule has 0 heterocycles. The van der Waals surface area contributed by atoms with Crippen molar-refractivity contribution < 1.29 is 22.0 Å². The average molecular weight is 488 g/mol. The van der Waals surface area contributed by atoms with E-state index in [1.165, 1.54) is 12.1 Å². The molecule has 1 aromatic rings. The van der Waals surface area contributed by atoms with Crippen molar-refractivity contribution >= 4 is 34.0 Å². The molecular weight excluding hydrogens is 471 g/mol. The normalized spacial score (nSPS) is 17.4. The number of allylic oxidation sites excluding steroid dienone is 1. The van der Waals surface area contributed by atoms with Gasteiger partial charge in [-0.05, 0) is 86.4 Å². The summed E-state index contributed by atoms with van der Waals surface area (Å²) in [6.45, 7) is 0.646. The molecule has 3 rings (SSSR count). The first kappa shape index (κ1) is 22.5. The number of hydrogen-bond donors (Lipinski definition) is 1. The average Bonchev–Trinajstić information content (AvgIpc) is 3.29.